The van der Waals surface area contributed by atoms with Gasteiger partial charge in [-0.25, -0.2) is 0 Å². The lowest BCUT2D eigenvalue weighted by molar-refractivity contribution is 0.330. The second-order valence-electron chi connectivity index (χ2n) is 6.15. The highest BCUT2D eigenvalue weighted by atomic mass is 32.2. The molecule has 1 aromatic carbocycles. The van der Waals surface area contributed by atoms with Crippen molar-refractivity contribution in [3.05, 3.63) is 30.0 Å². The van der Waals surface area contributed by atoms with Gasteiger partial charge in [-0.1, -0.05) is 37.7 Å². The lowest BCUT2D eigenvalue weighted by atomic mass is 9.93. The fourth-order valence-electron chi connectivity index (χ4n) is 2.16. The number of rotatable bonds is 3. The lowest BCUT2D eigenvalue weighted by Gasteiger charge is -2.23. The van der Waals surface area contributed by atoms with Gasteiger partial charge in [0, 0.05) is 16.4 Å². The predicted octanol–water partition coefficient (Wildman–Crippen LogP) is 3.16. The maximum Gasteiger partial charge on any atom is 0.188 e. The normalized spacial score (nSPS) is 17.5. The summed E-state index contributed by atoms with van der Waals surface area (Å²) in [6.45, 7) is 6.24. The van der Waals surface area contributed by atoms with Crippen LogP contribution in [0.15, 0.2) is 33.7 Å². The Labute approximate surface area is 133 Å². The molecule has 0 saturated carbocycles. The molecule has 1 aliphatic rings. The molecule has 2 heterocycles. The number of hydrazine groups is 1. The highest BCUT2D eigenvalue weighted by Gasteiger charge is 2.29. The van der Waals surface area contributed by atoms with Gasteiger partial charge < -0.3 is 15.0 Å². The van der Waals surface area contributed by atoms with Gasteiger partial charge >= 0.3 is 0 Å². The number of thioether (sulfide) groups is 1. The van der Waals surface area contributed by atoms with Crippen molar-refractivity contribution in [2.75, 3.05) is 17.5 Å². The fraction of sp³-hybridized carbons (Fsp3) is 0.400. The number of ether oxygens (including phenoxy) is 1. The highest BCUT2D eigenvalue weighted by molar-refractivity contribution is 8.00. The molecule has 3 rings (SSSR count). The molecule has 118 valence electrons. The van der Waals surface area contributed by atoms with Crippen molar-refractivity contribution in [1.82, 2.24) is 5.16 Å². The molecule has 1 aromatic heterocycles. The average Bonchev–Trinajstić information content (AvgIpc) is 3.04. The van der Waals surface area contributed by atoms with Gasteiger partial charge in [-0.2, -0.15) is 0 Å². The zero-order valence-electron chi connectivity index (χ0n) is 13.1. The smallest absolute Gasteiger partial charge is 0.188 e. The van der Waals surface area contributed by atoms with Crippen LogP contribution in [0.5, 0.6) is 5.75 Å². The van der Waals surface area contributed by atoms with Gasteiger partial charge in [0.25, 0.3) is 0 Å². The molecule has 0 saturated heterocycles. The van der Waals surface area contributed by atoms with Crippen LogP contribution in [0.4, 0.5) is 11.5 Å². The summed E-state index contributed by atoms with van der Waals surface area (Å²) in [5.74, 6) is 2.28. The van der Waals surface area contributed by atoms with Crippen molar-refractivity contribution in [2.45, 2.75) is 36.6 Å². The van der Waals surface area contributed by atoms with Gasteiger partial charge in [-0.05, 0) is 18.2 Å². The van der Waals surface area contributed by atoms with E-state index in [-0.39, 0.29) is 10.9 Å². The monoisotopic (exact) mass is 320 g/mol. The maximum atomic E-state index is 6.19. The number of hydrogen-bond acceptors (Lipinski definition) is 7. The van der Waals surface area contributed by atoms with E-state index in [1.807, 2.05) is 29.3 Å². The first-order valence-electron chi connectivity index (χ1n) is 7.02. The minimum Gasteiger partial charge on any atom is -0.497 e. The summed E-state index contributed by atoms with van der Waals surface area (Å²) in [5, 5.41) is 5.95. The minimum atomic E-state index is -0.239. The van der Waals surface area contributed by atoms with E-state index >= 15 is 0 Å². The molecular formula is C15H20N4O2S. The molecule has 6 nitrogen and oxygen atoms in total. The van der Waals surface area contributed by atoms with Crippen LogP contribution in [0, 0.1) is 0 Å². The van der Waals surface area contributed by atoms with Crippen molar-refractivity contribution in [3.8, 4) is 5.75 Å². The molecule has 0 aliphatic carbocycles. The second-order valence-corrected chi connectivity index (χ2v) is 7.31. The first kappa shape index (κ1) is 15.1. The standard InChI is InChI=1S/C15H20N4O2S/c1-15(2,3)12-8-13(18-21-12)17-19-10-6-5-9(20-4)7-11(10)22-14(19)16/h5-8,14H,16H2,1-4H3,(H,17,18). The predicted molar refractivity (Wildman–Crippen MR) is 88.1 cm³/mol. The topological polar surface area (TPSA) is 76.6 Å². The van der Waals surface area contributed by atoms with Crippen molar-refractivity contribution < 1.29 is 9.26 Å². The van der Waals surface area contributed by atoms with Crippen LogP contribution in [-0.2, 0) is 5.41 Å². The Hall–Kier alpha value is -1.86. The fourth-order valence-corrected chi connectivity index (χ4v) is 3.17. The summed E-state index contributed by atoms with van der Waals surface area (Å²) >= 11 is 1.56. The van der Waals surface area contributed by atoms with Crippen LogP contribution in [0.1, 0.15) is 26.5 Å². The summed E-state index contributed by atoms with van der Waals surface area (Å²) in [6, 6.07) is 7.77. The quantitative estimate of drug-likeness (QED) is 0.899. The number of nitrogens with zero attached hydrogens (tertiary/aromatic N) is 2. The van der Waals surface area contributed by atoms with E-state index in [0.717, 1.165) is 22.1 Å². The second kappa shape index (κ2) is 5.40. The van der Waals surface area contributed by atoms with Crippen molar-refractivity contribution >= 4 is 23.3 Å². The van der Waals surface area contributed by atoms with Crippen LogP contribution in [-0.4, -0.2) is 17.8 Å². The zero-order chi connectivity index (χ0) is 15.9. The number of nitrogens with one attached hydrogen (secondary N) is 1. The Morgan fingerprint density at radius 3 is 2.77 bits per heavy atom. The summed E-state index contributed by atoms with van der Waals surface area (Å²) in [4.78, 5) is 1.07. The number of fused-ring (bicyclic) bond motifs is 1. The summed E-state index contributed by atoms with van der Waals surface area (Å²) in [5.41, 5.74) is 10.1. The van der Waals surface area contributed by atoms with Gasteiger partial charge in [-0.3, -0.25) is 10.4 Å². The van der Waals surface area contributed by atoms with Crippen LogP contribution < -0.4 is 20.9 Å². The summed E-state index contributed by atoms with van der Waals surface area (Å²) < 4.78 is 10.6. The van der Waals surface area contributed by atoms with Crippen molar-refractivity contribution in [2.24, 2.45) is 5.73 Å². The first-order chi connectivity index (χ1) is 10.4. The van der Waals surface area contributed by atoms with E-state index in [9.17, 15) is 0 Å². The van der Waals surface area contributed by atoms with E-state index in [2.05, 4.69) is 31.4 Å². The minimum absolute atomic E-state index is 0.0833. The molecule has 0 amide bonds. The average molecular weight is 320 g/mol. The number of hydrogen-bond donors (Lipinski definition) is 2. The molecule has 1 unspecified atom stereocenters. The molecule has 1 aliphatic heterocycles. The van der Waals surface area contributed by atoms with Crippen LogP contribution >= 0.6 is 11.8 Å². The number of benzene rings is 1. The van der Waals surface area contributed by atoms with Crippen LogP contribution in [0.2, 0.25) is 0 Å². The third-order valence-electron chi connectivity index (χ3n) is 3.41. The highest BCUT2D eigenvalue weighted by Crippen LogP contribution is 2.43. The first-order valence-corrected chi connectivity index (χ1v) is 7.90. The van der Waals surface area contributed by atoms with Gasteiger partial charge in [0.15, 0.2) is 5.82 Å². The molecular weight excluding hydrogens is 300 g/mol. The van der Waals surface area contributed by atoms with Crippen LogP contribution in [0.3, 0.4) is 0 Å². The third-order valence-corrected chi connectivity index (χ3v) is 4.45. The molecule has 0 bridgehead atoms. The Balaban J connectivity index is 1.83. The SMILES string of the molecule is COc1ccc2c(c1)SC(N)N2Nc1cc(C(C)(C)C)on1. The van der Waals surface area contributed by atoms with Crippen molar-refractivity contribution in [1.29, 1.82) is 0 Å². The third kappa shape index (κ3) is 2.74. The van der Waals surface area contributed by atoms with Gasteiger partial charge in [0.1, 0.15) is 17.0 Å². The van der Waals surface area contributed by atoms with E-state index in [1.165, 1.54) is 0 Å². The molecule has 7 heteroatoms. The van der Waals surface area contributed by atoms with Gasteiger partial charge in [0.05, 0.1) is 12.8 Å². The summed E-state index contributed by atoms with van der Waals surface area (Å²) in [7, 11) is 1.65. The lowest BCUT2D eigenvalue weighted by Crippen LogP contribution is -2.40. The van der Waals surface area contributed by atoms with Crippen LogP contribution in [0.25, 0.3) is 0 Å². The van der Waals surface area contributed by atoms with E-state index in [0.29, 0.717) is 5.82 Å². The van der Waals surface area contributed by atoms with Gasteiger partial charge in [0.2, 0.25) is 0 Å². The number of methoxy groups -OCH3 is 1. The summed E-state index contributed by atoms with van der Waals surface area (Å²) in [6.07, 6.45) is 0. The van der Waals surface area contributed by atoms with E-state index < -0.39 is 0 Å². The maximum absolute atomic E-state index is 6.19. The van der Waals surface area contributed by atoms with E-state index in [1.54, 1.807) is 18.9 Å². The van der Waals surface area contributed by atoms with Crippen molar-refractivity contribution in [3.63, 3.8) is 0 Å². The number of nitrogens with two attached hydrogens (primary N) is 1. The molecule has 0 spiro atoms. The largest absolute Gasteiger partial charge is 0.497 e. The Bertz CT molecular complexity index is 680. The Morgan fingerprint density at radius 1 is 1.36 bits per heavy atom. The number of aromatic nitrogens is 1. The molecule has 2 aromatic rings. The van der Waals surface area contributed by atoms with Gasteiger partial charge in [-0.15, -0.1) is 0 Å². The number of anilines is 2. The molecule has 0 fully saturated rings. The Kier molecular flexibility index (Phi) is 3.70. The molecule has 1 atom stereocenters. The molecule has 0 radical (unpaired) electrons. The Morgan fingerprint density at radius 2 is 2.14 bits per heavy atom. The molecule has 3 N–H and O–H groups in total. The molecule has 22 heavy (non-hydrogen) atoms. The van der Waals surface area contributed by atoms with E-state index in [4.69, 9.17) is 15.0 Å². The zero-order valence-corrected chi connectivity index (χ0v) is 13.9.